The summed E-state index contributed by atoms with van der Waals surface area (Å²) in [5, 5.41) is 2.75. The Kier molecular flexibility index (Phi) is 7.47. The Balaban J connectivity index is 2.56. The third kappa shape index (κ3) is 5.86. The number of carbonyl (C=O) groups excluding carboxylic acids is 3. The molecule has 0 saturated carbocycles. The van der Waals surface area contributed by atoms with E-state index in [4.69, 9.17) is 16.3 Å². The highest BCUT2D eigenvalue weighted by Gasteiger charge is 2.27. The molecule has 1 rings (SSSR count). The van der Waals surface area contributed by atoms with Gasteiger partial charge in [-0.2, -0.15) is 0 Å². The Morgan fingerprint density at radius 2 is 2.04 bits per heavy atom. The van der Waals surface area contributed by atoms with Crippen LogP contribution in [0, 0.1) is 5.92 Å². The van der Waals surface area contributed by atoms with Gasteiger partial charge in [0.25, 0.3) is 5.91 Å². The number of pyridine rings is 1. The van der Waals surface area contributed by atoms with E-state index in [0.29, 0.717) is 6.42 Å². The van der Waals surface area contributed by atoms with E-state index in [1.165, 1.54) is 25.4 Å². The molecule has 1 aromatic rings. The van der Waals surface area contributed by atoms with Crippen molar-refractivity contribution in [2.45, 2.75) is 26.3 Å². The predicted octanol–water partition coefficient (Wildman–Crippen LogP) is 1.60. The van der Waals surface area contributed by atoms with Crippen molar-refractivity contribution < 1.29 is 23.9 Å². The van der Waals surface area contributed by atoms with E-state index in [2.05, 4.69) is 15.0 Å². The molecular formula is C15H19ClN2O5. The zero-order valence-electron chi connectivity index (χ0n) is 13.2. The average Bonchev–Trinajstić information content (AvgIpc) is 2.56. The molecule has 0 saturated heterocycles. The minimum Gasteiger partial charge on any atom is -0.467 e. The van der Waals surface area contributed by atoms with Crippen LogP contribution in [-0.4, -0.2) is 42.6 Å². The molecule has 0 aliphatic carbocycles. The van der Waals surface area contributed by atoms with Crippen molar-refractivity contribution >= 4 is 29.4 Å². The van der Waals surface area contributed by atoms with Crippen LogP contribution in [0.3, 0.4) is 0 Å². The highest BCUT2D eigenvalue weighted by molar-refractivity contribution is 6.29. The fraction of sp³-hybridized carbons (Fsp3) is 0.467. The SMILES string of the molecule is CC[C@H](C)[C@@H](NC(=O)COC(=O)c1ccc(Cl)nc1)C(=O)OC. The number of nitrogens with one attached hydrogen (secondary N) is 1. The lowest BCUT2D eigenvalue weighted by Gasteiger charge is -2.21. The van der Waals surface area contributed by atoms with Gasteiger partial charge in [-0.15, -0.1) is 0 Å². The van der Waals surface area contributed by atoms with Crippen LogP contribution in [0.1, 0.15) is 30.6 Å². The number of carbonyl (C=O) groups is 3. The largest absolute Gasteiger partial charge is 0.467 e. The maximum absolute atomic E-state index is 11.9. The summed E-state index contributed by atoms with van der Waals surface area (Å²) in [5.74, 6) is -1.94. The van der Waals surface area contributed by atoms with E-state index in [1.54, 1.807) is 0 Å². The fourth-order valence-electron chi connectivity index (χ4n) is 1.72. The first-order valence-electron chi connectivity index (χ1n) is 7.04. The average molecular weight is 343 g/mol. The minimum atomic E-state index is -0.784. The number of halogens is 1. The van der Waals surface area contributed by atoms with Crippen molar-refractivity contribution in [1.82, 2.24) is 10.3 Å². The first kappa shape index (κ1) is 18.9. The Bertz CT molecular complexity index is 561. The molecule has 2 atom stereocenters. The van der Waals surface area contributed by atoms with Crippen molar-refractivity contribution in [1.29, 1.82) is 0 Å². The van der Waals surface area contributed by atoms with Crippen molar-refractivity contribution in [2.24, 2.45) is 5.92 Å². The van der Waals surface area contributed by atoms with E-state index in [1.807, 2.05) is 13.8 Å². The molecule has 1 aromatic heterocycles. The maximum atomic E-state index is 11.9. The van der Waals surface area contributed by atoms with E-state index >= 15 is 0 Å². The van der Waals surface area contributed by atoms with Crippen LogP contribution >= 0.6 is 11.6 Å². The van der Waals surface area contributed by atoms with E-state index in [0.717, 1.165) is 0 Å². The first-order valence-corrected chi connectivity index (χ1v) is 7.42. The Labute approximate surface area is 139 Å². The van der Waals surface area contributed by atoms with Gasteiger partial charge in [-0.05, 0) is 18.1 Å². The smallest absolute Gasteiger partial charge is 0.340 e. The van der Waals surface area contributed by atoms with Gasteiger partial charge in [0.05, 0.1) is 12.7 Å². The normalized spacial score (nSPS) is 12.9. The summed E-state index contributed by atoms with van der Waals surface area (Å²) in [4.78, 5) is 39.0. The topological polar surface area (TPSA) is 94.6 Å². The number of esters is 2. The van der Waals surface area contributed by atoms with Crippen LogP contribution in [0.4, 0.5) is 0 Å². The number of hydrogen-bond donors (Lipinski definition) is 1. The number of hydrogen-bond acceptors (Lipinski definition) is 6. The predicted molar refractivity (Wildman–Crippen MR) is 82.9 cm³/mol. The highest BCUT2D eigenvalue weighted by atomic mass is 35.5. The second kappa shape index (κ2) is 9.09. The van der Waals surface area contributed by atoms with Crippen LogP contribution in [0.5, 0.6) is 0 Å². The zero-order chi connectivity index (χ0) is 17.4. The lowest BCUT2D eigenvalue weighted by atomic mass is 9.99. The van der Waals surface area contributed by atoms with Gasteiger partial charge in [-0.3, -0.25) is 4.79 Å². The van der Waals surface area contributed by atoms with E-state index < -0.39 is 30.5 Å². The van der Waals surface area contributed by atoms with Gasteiger partial charge in [0.2, 0.25) is 0 Å². The van der Waals surface area contributed by atoms with Gasteiger partial charge in [-0.1, -0.05) is 31.9 Å². The fourth-order valence-corrected chi connectivity index (χ4v) is 1.83. The monoisotopic (exact) mass is 342 g/mol. The Hall–Kier alpha value is -2.15. The van der Waals surface area contributed by atoms with Gasteiger partial charge in [0.1, 0.15) is 11.2 Å². The second-order valence-corrected chi connectivity index (χ2v) is 5.29. The van der Waals surface area contributed by atoms with Gasteiger partial charge in [0.15, 0.2) is 6.61 Å². The molecule has 126 valence electrons. The standard InChI is InChI=1S/C15H19ClN2O5/c1-4-9(2)13(15(21)22-3)18-12(19)8-23-14(20)10-5-6-11(16)17-7-10/h5-7,9,13H,4,8H2,1-3H3,(H,18,19)/t9-,13+/m0/s1. The number of aromatic nitrogens is 1. The number of amides is 1. The van der Waals surface area contributed by atoms with Crippen molar-refractivity contribution in [3.8, 4) is 0 Å². The molecule has 23 heavy (non-hydrogen) atoms. The third-order valence-corrected chi connectivity index (χ3v) is 3.51. The number of nitrogens with zero attached hydrogens (tertiary/aromatic N) is 1. The van der Waals surface area contributed by atoms with Crippen LogP contribution in [-0.2, 0) is 19.1 Å². The summed E-state index contributed by atoms with van der Waals surface area (Å²) < 4.78 is 9.53. The molecule has 0 aliphatic heterocycles. The summed E-state index contributed by atoms with van der Waals surface area (Å²) >= 11 is 5.62. The maximum Gasteiger partial charge on any atom is 0.340 e. The van der Waals surface area contributed by atoms with Gasteiger partial charge >= 0.3 is 11.9 Å². The van der Waals surface area contributed by atoms with Crippen LogP contribution in [0.2, 0.25) is 5.15 Å². The minimum absolute atomic E-state index is 0.109. The van der Waals surface area contributed by atoms with Gasteiger partial charge in [-0.25, -0.2) is 14.6 Å². The molecule has 0 aromatic carbocycles. The lowest BCUT2D eigenvalue weighted by Crippen LogP contribution is -2.47. The van der Waals surface area contributed by atoms with Crippen LogP contribution < -0.4 is 5.32 Å². The number of methoxy groups -OCH3 is 1. The van der Waals surface area contributed by atoms with Gasteiger partial charge < -0.3 is 14.8 Å². The van der Waals surface area contributed by atoms with Gasteiger partial charge in [0, 0.05) is 6.20 Å². The summed E-state index contributed by atoms with van der Waals surface area (Å²) in [6.45, 7) is 3.19. The molecule has 0 radical (unpaired) electrons. The Morgan fingerprint density at radius 3 is 2.57 bits per heavy atom. The third-order valence-electron chi connectivity index (χ3n) is 3.28. The number of ether oxygens (including phenoxy) is 2. The highest BCUT2D eigenvalue weighted by Crippen LogP contribution is 2.09. The van der Waals surface area contributed by atoms with Crippen LogP contribution in [0.25, 0.3) is 0 Å². The molecule has 0 fully saturated rings. The molecular weight excluding hydrogens is 324 g/mol. The summed E-state index contributed by atoms with van der Waals surface area (Å²) in [6.07, 6.45) is 1.93. The summed E-state index contributed by atoms with van der Waals surface area (Å²) in [5.41, 5.74) is 0.175. The molecule has 1 heterocycles. The second-order valence-electron chi connectivity index (χ2n) is 4.90. The molecule has 8 heteroatoms. The number of rotatable bonds is 7. The van der Waals surface area contributed by atoms with Crippen molar-refractivity contribution in [3.05, 3.63) is 29.0 Å². The summed E-state index contributed by atoms with van der Waals surface area (Å²) in [6, 6.07) is 2.09. The molecule has 0 unspecified atom stereocenters. The van der Waals surface area contributed by atoms with E-state index in [-0.39, 0.29) is 16.6 Å². The Morgan fingerprint density at radius 1 is 1.35 bits per heavy atom. The zero-order valence-corrected chi connectivity index (χ0v) is 13.9. The van der Waals surface area contributed by atoms with Crippen LogP contribution in [0.15, 0.2) is 18.3 Å². The first-order chi connectivity index (χ1) is 10.9. The molecule has 0 bridgehead atoms. The molecule has 1 amide bonds. The quantitative estimate of drug-likeness (QED) is 0.597. The molecule has 7 nitrogen and oxygen atoms in total. The summed E-state index contributed by atoms with van der Waals surface area (Å²) in [7, 11) is 1.25. The van der Waals surface area contributed by atoms with E-state index in [9.17, 15) is 14.4 Å². The van der Waals surface area contributed by atoms with Crippen molar-refractivity contribution in [3.63, 3.8) is 0 Å². The molecule has 0 spiro atoms. The molecule has 1 N–H and O–H groups in total. The lowest BCUT2D eigenvalue weighted by molar-refractivity contribution is -0.147. The molecule has 0 aliphatic rings. The van der Waals surface area contributed by atoms with Crippen molar-refractivity contribution in [2.75, 3.05) is 13.7 Å².